The third-order valence-electron chi connectivity index (χ3n) is 3.79. The highest BCUT2D eigenvalue weighted by Gasteiger charge is 2.15. The number of nitrogens with zero attached hydrogens (tertiary/aromatic N) is 3. The molecule has 3 aromatic rings. The third kappa shape index (κ3) is 3.95. The first-order valence-corrected chi connectivity index (χ1v) is 8.21. The van der Waals surface area contributed by atoms with Gasteiger partial charge in [-0.3, -0.25) is 4.79 Å². The Bertz CT molecular complexity index is 823. The zero-order valence-corrected chi connectivity index (χ0v) is 14.0. The van der Waals surface area contributed by atoms with Crippen LogP contribution in [0.15, 0.2) is 47.2 Å². The molecule has 1 aromatic carbocycles. The summed E-state index contributed by atoms with van der Waals surface area (Å²) < 4.78 is 6.25. The topological polar surface area (TPSA) is 93.2 Å². The second kappa shape index (κ2) is 7.76. The van der Waals surface area contributed by atoms with Crippen molar-refractivity contribution in [3.05, 3.63) is 53.9 Å². The monoisotopic (exact) mass is 340 g/mol. The molecule has 7 nitrogen and oxygen atoms in total. The van der Waals surface area contributed by atoms with Crippen LogP contribution in [0.1, 0.15) is 29.4 Å². The summed E-state index contributed by atoms with van der Waals surface area (Å²) in [6.45, 7) is 2.35. The summed E-state index contributed by atoms with van der Waals surface area (Å²) in [4.78, 5) is 12.2. The largest absolute Gasteiger partial charge is 0.394 e. The molecule has 25 heavy (non-hydrogen) atoms. The molecule has 0 saturated heterocycles. The van der Waals surface area contributed by atoms with E-state index in [1.54, 1.807) is 10.7 Å². The van der Waals surface area contributed by atoms with Gasteiger partial charge in [0.25, 0.3) is 5.91 Å². The fourth-order valence-electron chi connectivity index (χ4n) is 2.56. The van der Waals surface area contributed by atoms with Gasteiger partial charge in [-0.05, 0) is 12.0 Å². The lowest BCUT2D eigenvalue weighted by molar-refractivity contribution is 0.101. The maximum Gasteiger partial charge on any atom is 0.278 e. The van der Waals surface area contributed by atoms with Gasteiger partial charge >= 0.3 is 0 Å². The molecule has 0 fully saturated rings. The number of nitrogens with one attached hydrogen (secondary N) is 1. The number of hydrogen-bond acceptors (Lipinski definition) is 5. The van der Waals surface area contributed by atoms with Crippen LogP contribution in [0.25, 0.3) is 11.3 Å². The summed E-state index contributed by atoms with van der Waals surface area (Å²) >= 11 is 0. The highest BCUT2D eigenvalue weighted by molar-refractivity contribution is 6.02. The lowest BCUT2D eigenvalue weighted by Crippen LogP contribution is -2.16. The Balaban J connectivity index is 1.84. The van der Waals surface area contributed by atoms with Gasteiger partial charge in [-0.25, -0.2) is 4.68 Å². The van der Waals surface area contributed by atoms with Crippen molar-refractivity contribution >= 4 is 11.7 Å². The van der Waals surface area contributed by atoms with Crippen LogP contribution in [-0.4, -0.2) is 32.6 Å². The zero-order chi connectivity index (χ0) is 17.6. The van der Waals surface area contributed by atoms with Crippen LogP contribution in [0.4, 0.5) is 5.82 Å². The Morgan fingerprint density at radius 3 is 2.72 bits per heavy atom. The van der Waals surface area contributed by atoms with Gasteiger partial charge in [-0.15, -0.1) is 0 Å². The van der Waals surface area contributed by atoms with Crippen molar-refractivity contribution in [2.45, 2.75) is 26.3 Å². The Morgan fingerprint density at radius 1 is 1.28 bits per heavy atom. The molecular weight excluding hydrogens is 320 g/mol. The second-order valence-corrected chi connectivity index (χ2v) is 5.65. The highest BCUT2D eigenvalue weighted by Crippen LogP contribution is 2.23. The van der Waals surface area contributed by atoms with Crippen LogP contribution >= 0.6 is 0 Å². The van der Waals surface area contributed by atoms with E-state index >= 15 is 0 Å². The van der Waals surface area contributed by atoms with Gasteiger partial charge in [0, 0.05) is 17.7 Å². The molecule has 0 atom stereocenters. The highest BCUT2D eigenvalue weighted by atomic mass is 16.5. The van der Waals surface area contributed by atoms with E-state index in [4.69, 9.17) is 0 Å². The molecule has 2 heterocycles. The van der Waals surface area contributed by atoms with Crippen LogP contribution in [-0.2, 0) is 13.0 Å². The number of aliphatic hydroxyl groups excluding tert-OH is 1. The van der Waals surface area contributed by atoms with Crippen LogP contribution in [0.5, 0.6) is 0 Å². The van der Waals surface area contributed by atoms with Crippen molar-refractivity contribution in [1.29, 1.82) is 0 Å². The molecule has 0 aliphatic rings. The first-order chi connectivity index (χ1) is 12.2. The maximum absolute atomic E-state index is 12.2. The van der Waals surface area contributed by atoms with E-state index in [0.717, 1.165) is 24.1 Å². The minimum atomic E-state index is -0.391. The molecule has 0 saturated carbocycles. The number of aliphatic hydroxyl groups is 1. The first-order valence-electron chi connectivity index (χ1n) is 8.21. The number of carbonyl (C=O) groups excluding carboxylic acids is 1. The lowest BCUT2D eigenvalue weighted by Gasteiger charge is -2.05. The van der Waals surface area contributed by atoms with Crippen molar-refractivity contribution in [2.24, 2.45) is 0 Å². The number of hydrogen-bond donors (Lipinski definition) is 2. The fraction of sp³-hybridized carbons (Fsp3) is 0.278. The molecule has 0 radical (unpaired) electrons. The summed E-state index contributed by atoms with van der Waals surface area (Å²) in [7, 11) is 0. The molecule has 0 aliphatic carbocycles. The van der Waals surface area contributed by atoms with E-state index in [9.17, 15) is 9.90 Å². The molecule has 2 N–H and O–H groups in total. The van der Waals surface area contributed by atoms with Gasteiger partial charge in [0.2, 0.25) is 0 Å². The predicted molar refractivity (Wildman–Crippen MR) is 93.2 cm³/mol. The summed E-state index contributed by atoms with van der Waals surface area (Å²) in [5.74, 6) is 0.104. The summed E-state index contributed by atoms with van der Waals surface area (Å²) in [5.41, 5.74) is 3.14. The number of amides is 1. The van der Waals surface area contributed by atoms with Crippen molar-refractivity contribution < 1.29 is 14.4 Å². The fourth-order valence-corrected chi connectivity index (χ4v) is 2.56. The van der Waals surface area contributed by atoms with E-state index in [0.29, 0.717) is 5.82 Å². The maximum atomic E-state index is 12.2. The lowest BCUT2D eigenvalue weighted by atomic mass is 10.1. The number of aromatic nitrogens is 3. The van der Waals surface area contributed by atoms with Gasteiger partial charge < -0.3 is 14.9 Å². The molecule has 0 spiro atoms. The van der Waals surface area contributed by atoms with Gasteiger partial charge in [0.05, 0.1) is 18.8 Å². The number of rotatable bonds is 7. The van der Waals surface area contributed by atoms with E-state index in [1.165, 1.54) is 17.9 Å². The first kappa shape index (κ1) is 16.9. The van der Waals surface area contributed by atoms with Crippen molar-refractivity contribution in [2.75, 3.05) is 11.9 Å². The van der Waals surface area contributed by atoms with Crippen LogP contribution in [0.3, 0.4) is 0 Å². The standard InChI is InChI=1S/C18H20N4O3/c1-2-3-13-4-6-14(7-5-13)16-12-17(22(20-16)9-10-23)19-18(24)15-8-11-25-21-15/h4-8,11-12,23H,2-3,9-10H2,1H3,(H,19,24). The third-order valence-corrected chi connectivity index (χ3v) is 3.79. The average molecular weight is 340 g/mol. The second-order valence-electron chi connectivity index (χ2n) is 5.65. The normalized spacial score (nSPS) is 10.8. The molecule has 1 amide bonds. The average Bonchev–Trinajstić information content (AvgIpc) is 3.27. The zero-order valence-electron chi connectivity index (χ0n) is 14.0. The van der Waals surface area contributed by atoms with Gasteiger partial charge in [-0.2, -0.15) is 5.10 Å². The van der Waals surface area contributed by atoms with Gasteiger partial charge in [0.1, 0.15) is 12.1 Å². The van der Waals surface area contributed by atoms with E-state index in [2.05, 4.69) is 39.2 Å². The molecule has 0 bridgehead atoms. The molecular formula is C18H20N4O3. The number of benzene rings is 1. The molecule has 2 aromatic heterocycles. The molecule has 130 valence electrons. The predicted octanol–water partition coefficient (Wildman–Crippen LogP) is 2.74. The molecule has 3 rings (SSSR count). The minimum Gasteiger partial charge on any atom is -0.394 e. The Morgan fingerprint density at radius 2 is 2.08 bits per heavy atom. The summed E-state index contributed by atoms with van der Waals surface area (Å²) in [6.07, 6.45) is 3.48. The van der Waals surface area contributed by atoms with Crippen molar-refractivity contribution in [3.8, 4) is 11.3 Å². The molecule has 7 heteroatoms. The SMILES string of the molecule is CCCc1ccc(-c2cc(NC(=O)c3ccon3)n(CCO)n2)cc1. The van der Waals surface area contributed by atoms with Crippen molar-refractivity contribution in [3.63, 3.8) is 0 Å². The van der Waals surface area contributed by atoms with E-state index in [1.807, 2.05) is 12.1 Å². The molecule has 0 unspecified atom stereocenters. The number of carbonyl (C=O) groups is 1. The summed E-state index contributed by atoms with van der Waals surface area (Å²) in [5, 5.41) is 20.1. The minimum absolute atomic E-state index is 0.0800. The van der Waals surface area contributed by atoms with E-state index < -0.39 is 5.91 Å². The van der Waals surface area contributed by atoms with Crippen LogP contribution in [0, 0.1) is 0 Å². The smallest absolute Gasteiger partial charge is 0.278 e. The van der Waals surface area contributed by atoms with Crippen LogP contribution < -0.4 is 5.32 Å². The number of aryl methyl sites for hydroxylation is 1. The Kier molecular flexibility index (Phi) is 5.25. The van der Waals surface area contributed by atoms with E-state index in [-0.39, 0.29) is 18.8 Å². The Labute approximate surface area is 145 Å². The van der Waals surface area contributed by atoms with Crippen LogP contribution in [0.2, 0.25) is 0 Å². The van der Waals surface area contributed by atoms with Gasteiger partial charge in [0.15, 0.2) is 5.69 Å². The van der Waals surface area contributed by atoms with Crippen molar-refractivity contribution in [1.82, 2.24) is 14.9 Å². The number of anilines is 1. The quantitative estimate of drug-likeness (QED) is 0.690. The Hall–Kier alpha value is -2.93. The van der Waals surface area contributed by atoms with Gasteiger partial charge in [-0.1, -0.05) is 42.8 Å². The summed E-state index contributed by atoms with van der Waals surface area (Å²) in [6, 6.07) is 11.5. The molecule has 0 aliphatic heterocycles.